The molecule has 3 nitrogen and oxygen atoms in total. The Morgan fingerprint density at radius 2 is 1.64 bits per heavy atom. The lowest BCUT2D eigenvalue weighted by Gasteiger charge is -2.34. The molecule has 0 spiro atoms. The maximum Gasteiger partial charge on any atom is 0.0313 e. The summed E-state index contributed by atoms with van der Waals surface area (Å²) in [7, 11) is 4.27. The lowest BCUT2D eigenvalue weighted by atomic mass is 10.1. The number of hydrogen-bond acceptors (Lipinski definition) is 4. The largest absolute Gasteiger partial charge is 0.303 e. The maximum absolute atomic E-state index is 2.59. The molecule has 0 aromatic heterocycles. The monoisotopic (exact) mass is 321 g/mol. The van der Waals surface area contributed by atoms with Gasteiger partial charge in [0.05, 0.1) is 0 Å². The van der Waals surface area contributed by atoms with Crippen molar-refractivity contribution in [3.63, 3.8) is 0 Å². The van der Waals surface area contributed by atoms with E-state index >= 15 is 0 Å². The van der Waals surface area contributed by atoms with E-state index in [1.54, 1.807) is 0 Å². The van der Waals surface area contributed by atoms with Gasteiger partial charge < -0.3 is 4.90 Å². The Hall–Kier alpha value is -0.550. The third-order valence-corrected chi connectivity index (χ3v) is 5.31. The van der Waals surface area contributed by atoms with Gasteiger partial charge in [-0.05, 0) is 38.4 Å². The molecule has 1 fully saturated rings. The second-order valence-corrected chi connectivity index (χ2v) is 7.48. The molecule has 4 heteroatoms. The van der Waals surface area contributed by atoms with Crippen LogP contribution in [0.3, 0.4) is 0 Å². The Kier molecular flexibility index (Phi) is 7.22. The van der Waals surface area contributed by atoms with E-state index in [0.717, 1.165) is 6.54 Å². The first-order chi connectivity index (χ1) is 10.6. The van der Waals surface area contributed by atoms with Crippen molar-refractivity contribution in [2.24, 2.45) is 0 Å². The van der Waals surface area contributed by atoms with Gasteiger partial charge in [-0.3, -0.25) is 9.80 Å². The standard InChI is InChI=1S/C18H31N3S/c1-16(19(2)3)18-7-5-17(6-8-18)15-21-11-9-20(10-12-21)13-14-22-4/h5-8,16H,9-15H2,1-4H3/t16-/m1/s1. The minimum atomic E-state index is 0.481. The van der Waals surface area contributed by atoms with Gasteiger partial charge in [-0.25, -0.2) is 0 Å². The second-order valence-electron chi connectivity index (χ2n) is 6.49. The van der Waals surface area contributed by atoms with Crippen LogP contribution < -0.4 is 0 Å². The molecule has 0 saturated carbocycles. The minimum absolute atomic E-state index is 0.481. The van der Waals surface area contributed by atoms with Crippen molar-refractivity contribution < 1.29 is 0 Å². The smallest absolute Gasteiger partial charge is 0.0313 e. The summed E-state index contributed by atoms with van der Waals surface area (Å²) in [6.45, 7) is 9.42. The van der Waals surface area contributed by atoms with Crippen molar-refractivity contribution in [1.29, 1.82) is 0 Å². The molecule has 2 rings (SSSR count). The van der Waals surface area contributed by atoms with Gasteiger partial charge >= 0.3 is 0 Å². The van der Waals surface area contributed by atoms with E-state index in [2.05, 4.69) is 66.2 Å². The summed E-state index contributed by atoms with van der Waals surface area (Å²) < 4.78 is 0. The Bertz CT molecular complexity index is 424. The number of rotatable bonds is 7. The molecule has 1 saturated heterocycles. The van der Waals surface area contributed by atoms with Crippen molar-refractivity contribution in [3.8, 4) is 0 Å². The van der Waals surface area contributed by atoms with Crippen LogP contribution in [0.25, 0.3) is 0 Å². The predicted octanol–water partition coefficient (Wildman–Crippen LogP) is 2.79. The SMILES string of the molecule is CSCCN1CCN(Cc2ccc([C@@H](C)N(C)C)cc2)CC1. The predicted molar refractivity (Wildman–Crippen MR) is 98.6 cm³/mol. The van der Waals surface area contributed by atoms with Gasteiger partial charge in [-0.15, -0.1) is 0 Å². The molecule has 1 atom stereocenters. The molecule has 0 bridgehead atoms. The molecule has 1 heterocycles. The van der Waals surface area contributed by atoms with Gasteiger partial charge in [-0.1, -0.05) is 24.3 Å². The zero-order chi connectivity index (χ0) is 15.9. The molecule has 1 aliphatic rings. The van der Waals surface area contributed by atoms with Crippen molar-refractivity contribution in [1.82, 2.24) is 14.7 Å². The summed E-state index contributed by atoms with van der Waals surface area (Å²) in [5.74, 6) is 1.26. The van der Waals surface area contributed by atoms with E-state index in [1.165, 1.54) is 49.6 Å². The highest BCUT2D eigenvalue weighted by molar-refractivity contribution is 7.98. The molecule has 0 radical (unpaired) electrons. The number of benzene rings is 1. The van der Waals surface area contributed by atoms with E-state index in [-0.39, 0.29) is 0 Å². The topological polar surface area (TPSA) is 9.72 Å². The zero-order valence-corrected chi connectivity index (χ0v) is 15.4. The molecule has 1 aliphatic heterocycles. The van der Waals surface area contributed by atoms with E-state index in [9.17, 15) is 0 Å². The summed E-state index contributed by atoms with van der Waals surface area (Å²) in [4.78, 5) is 7.43. The van der Waals surface area contributed by atoms with Crippen LogP contribution in [-0.4, -0.2) is 73.5 Å². The summed E-state index contributed by atoms with van der Waals surface area (Å²) in [6, 6.07) is 9.66. The highest BCUT2D eigenvalue weighted by Crippen LogP contribution is 2.18. The van der Waals surface area contributed by atoms with E-state index in [0.29, 0.717) is 6.04 Å². The zero-order valence-electron chi connectivity index (χ0n) is 14.6. The highest BCUT2D eigenvalue weighted by Gasteiger charge is 2.16. The Morgan fingerprint density at radius 1 is 1.05 bits per heavy atom. The molecule has 1 aromatic carbocycles. The second kappa shape index (κ2) is 8.92. The average Bonchev–Trinajstić information content (AvgIpc) is 2.54. The number of piperazine rings is 1. The normalized spacial score (nSPS) is 18.8. The lowest BCUT2D eigenvalue weighted by Crippen LogP contribution is -2.46. The van der Waals surface area contributed by atoms with Crippen LogP contribution in [0, 0.1) is 0 Å². The molecule has 124 valence electrons. The molecule has 1 aromatic rings. The van der Waals surface area contributed by atoms with Gasteiger partial charge in [-0.2, -0.15) is 11.8 Å². The van der Waals surface area contributed by atoms with Crippen LogP contribution in [0.4, 0.5) is 0 Å². The molecule has 0 N–H and O–H groups in total. The molecule has 0 unspecified atom stereocenters. The van der Waals surface area contributed by atoms with Crippen LogP contribution in [0.1, 0.15) is 24.1 Å². The van der Waals surface area contributed by atoms with Gasteiger partial charge in [0.15, 0.2) is 0 Å². The van der Waals surface area contributed by atoms with Gasteiger partial charge in [0.2, 0.25) is 0 Å². The van der Waals surface area contributed by atoms with Crippen molar-refractivity contribution in [3.05, 3.63) is 35.4 Å². The van der Waals surface area contributed by atoms with E-state index < -0.39 is 0 Å². The molecule has 22 heavy (non-hydrogen) atoms. The first kappa shape index (κ1) is 17.8. The molecular formula is C18H31N3S. The summed E-state index contributed by atoms with van der Waals surface area (Å²) >= 11 is 1.95. The Balaban J connectivity index is 1.80. The van der Waals surface area contributed by atoms with Crippen LogP contribution in [-0.2, 0) is 6.54 Å². The maximum atomic E-state index is 2.59. The lowest BCUT2D eigenvalue weighted by molar-refractivity contribution is 0.133. The van der Waals surface area contributed by atoms with Crippen LogP contribution >= 0.6 is 11.8 Å². The third-order valence-electron chi connectivity index (χ3n) is 4.72. The highest BCUT2D eigenvalue weighted by atomic mass is 32.2. The summed E-state index contributed by atoms with van der Waals surface area (Å²) in [5, 5.41) is 0. The van der Waals surface area contributed by atoms with Crippen molar-refractivity contribution in [2.75, 3.05) is 58.8 Å². The quantitative estimate of drug-likeness (QED) is 0.763. The Labute approximate surface area is 140 Å². The van der Waals surface area contributed by atoms with Crippen molar-refractivity contribution in [2.45, 2.75) is 19.5 Å². The van der Waals surface area contributed by atoms with Crippen LogP contribution in [0.2, 0.25) is 0 Å². The number of nitrogens with zero attached hydrogens (tertiary/aromatic N) is 3. The van der Waals surface area contributed by atoms with E-state index in [4.69, 9.17) is 0 Å². The molecular weight excluding hydrogens is 290 g/mol. The average molecular weight is 322 g/mol. The fraction of sp³-hybridized carbons (Fsp3) is 0.667. The van der Waals surface area contributed by atoms with Gasteiger partial charge in [0, 0.05) is 51.1 Å². The van der Waals surface area contributed by atoms with Crippen LogP contribution in [0.5, 0.6) is 0 Å². The first-order valence-electron chi connectivity index (χ1n) is 8.29. The number of thioether (sulfide) groups is 1. The van der Waals surface area contributed by atoms with Crippen LogP contribution in [0.15, 0.2) is 24.3 Å². The summed E-state index contributed by atoms with van der Waals surface area (Å²) in [6.07, 6.45) is 2.19. The molecule has 0 amide bonds. The fourth-order valence-electron chi connectivity index (χ4n) is 2.85. The van der Waals surface area contributed by atoms with Gasteiger partial charge in [0.25, 0.3) is 0 Å². The minimum Gasteiger partial charge on any atom is -0.303 e. The summed E-state index contributed by atoms with van der Waals surface area (Å²) in [5.41, 5.74) is 2.84. The van der Waals surface area contributed by atoms with Crippen molar-refractivity contribution >= 4 is 11.8 Å². The Morgan fingerprint density at radius 3 is 2.18 bits per heavy atom. The fourth-order valence-corrected chi connectivity index (χ4v) is 3.29. The van der Waals surface area contributed by atoms with Gasteiger partial charge in [0.1, 0.15) is 0 Å². The first-order valence-corrected chi connectivity index (χ1v) is 9.68. The van der Waals surface area contributed by atoms with E-state index in [1.807, 2.05) is 11.8 Å². The molecule has 0 aliphatic carbocycles. The third kappa shape index (κ3) is 5.27. The number of hydrogen-bond donors (Lipinski definition) is 0.